The molecule has 0 unspecified atom stereocenters. The van der Waals surface area contributed by atoms with Crippen molar-refractivity contribution in [3.05, 3.63) is 71.9 Å². The van der Waals surface area contributed by atoms with Crippen molar-refractivity contribution in [3.63, 3.8) is 0 Å². The van der Waals surface area contributed by atoms with Crippen LogP contribution in [-0.2, 0) is 11.3 Å². The number of carboxylic acids is 1. The highest BCUT2D eigenvalue weighted by atomic mass is 16.4. The number of aliphatic carboxylic acids is 1. The van der Waals surface area contributed by atoms with E-state index in [0.29, 0.717) is 6.54 Å². The first-order chi connectivity index (χ1) is 10.2. The van der Waals surface area contributed by atoms with Gasteiger partial charge in [-0.05, 0) is 29.3 Å². The lowest BCUT2D eigenvalue weighted by Gasteiger charge is -2.05. The minimum absolute atomic E-state index is 0.655. The van der Waals surface area contributed by atoms with Crippen LogP contribution in [-0.4, -0.2) is 20.9 Å². The molecule has 0 fully saturated rings. The van der Waals surface area contributed by atoms with Crippen molar-refractivity contribution < 1.29 is 9.90 Å². The maximum Gasteiger partial charge on any atom is 0.328 e. The number of aromatic nitrogens is 2. The highest BCUT2D eigenvalue weighted by Crippen LogP contribution is 2.15. The molecule has 3 aromatic rings. The maximum atomic E-state index is 10.6. The van der Waals surface area contributed by atoms with Crippen LogP contribution >= 0.6 is 0 Å². The molecule has 0 radical (unpaired) electrons. The third kappa shape index (κ3) is 3.00. The van der Waals surface area contributed by atoms with E-state index in [0.717, 1.165) is 28.1 Å². The van der Waals surface area contributed by atoms with Gasteiger partial charge in [-0.3, -0.25) is 4.68 Å². The van der Waals surface area contributed by atoms with Crippen LogP contribution in [0.4, 0.5) is 0 Å². The fourth-order valence-electron chi connectivity index (χ4n) is 2.29. The highest BCUT2D eigenvalue weighted by Gasteiger charge is 2.02. The summed E-state index contributed by atoms with van der Waals surface area (Å²) in [5.41, 5.74) is 3.03. The zero-order valence-corrected chi connectivity index (χ0v) is 11.3. The van der Waals surface area contributed by atoms with E-state index in [9.17, 15) is 4.79 Å². The summed E-state index contributed by atoms with van der Waals surface area (Å²) < 4.78 is 1.94. The van der Waals surface area contributed by atoms with Gasteiger partial charge in [0.1, 0.15) is 0 Å². The molecule has 0 aliphatic rings. The molecule has 21 heavy (non-hydrogen) atoms. The number of hydrogen-bond donors (Lipinski definition) is 1. The Morgan fingerprint density at radius 1 is 1.19 bits per heavy atom. The van der Waals surface area contributed by atoms with Gasteiger partial charge in [0.2, 0.25) is 0 Å². The van der Waals surface area contributed by atoms with Crippen molar-refractivity contribution >= 4 is 22.9 Å². The smallest absolute Gasteiger partial charge is 0.328 e. The maximum absolute atomic E-state index is 10.6. The number of fused-ring (bicyclic) bond motifs is 1. The van der Waals surface area contributed by atoms with Gasteiger partial charge in [0, 0.05) is 11.5 Å². The second-order valence-electron chi connectivity index (χ2n) is 4.78. The molecule has 0 atom stereocenters. The summed E-state index contributed by atoms with van der Waals surface area (Å²) in [6.45, 7) is 0.655. The lowest BCUT2D eigenvalue weighted by atomic mass is 10.1. The largest absolute Gasteiger partial charge is 0.478 e. The molecule has 104 valence electrons. The fourth-order valence-corrected chi connectivity index (χ4v) is 2.29. The molecule has 0 amide bonds. The zero-order chi connectivity index (χ0) is 14.7. The molecule has 0 saturated carbocycles. The Kier molecular flexibility index (Phi) is 3.51. The molecule has 2 aromatic carbocycles. The molecule has 0 bridgehead atoms. The molecule has 1 N–H and O–H groups in total. The van der Waals surface area contributed by atoms with Crippen molar-refractivity contribution in [1.29, 1.82) is 0 Å². The molecule has 4 heteroatoms. The van der Waals surface area contributed by atoms with Crippen molar-refractivity contribution in [2.75, 3.05) is 0 Å². The first kappa shape index (κ1) is 13.1. The summed E-state index contributed by atoms with van der Waals surface area (Å²) in [6.07, 6.45) is 4.58. The van der Waals surface area contributed by atoms with Crippen LogP contribution in [0.15, 0.2) is 60.8 Å². The van der Waals surface area contributed by atoms with E-state index in [1.807, 2.05) is 59.4 Å². The topological polar surface area (TPSA) is 55.1 Å². The first-order valence-corrected chi connectivity index (χ1v) is 6.63. The van der Waals surface area contributed by atoms with E-state index in [-0.39, 0.29) is 0 Å². The van der Waals surface area contributed by atoms with Gasteiger partial charge in [-0.15, -0.1) is 0 Å². The Labute approximate surface area is 122 Å². The average Bonchev–Trinajstić information content (AvgIpc) is 2.89. The predicted octanol–water partition coefficient (Wildman–Crippen LogP) is 3.18. The number of carboxylic acid groups (broad SMARTS) is 1. The number of benzene rings is 2. The number of para-hydroxylation sites is 1. The molecule has 0 aliphatic heterocycles. The van der Waals surface area contributed by atoms with Crippen molar-refractivity contribution in [1.82, 2.24) is 9.78 Å². The van der Waals surface area contributed by atoms with Gasteiger partial charge in [0.25, 0.3) is 0 Å². The molecule has 1 aromatic heterocycles. The van der Waals surface area contributed by atoms with Gasteiger partial charge >= 0.3 is 5.97 Å². The second kappa shape index (κ2) is 5.63. The Bertz CT molecular complexity index is 818. The van der Waals surface area contributed by atoms with E-state index in [4.69, 9.17) is 5.11 Å². The lowest BCUT2D eigenvalue weighted by molar-refractivity contribution is -0.131. The Hall–Kier alpha value is -2.88. The number of carbonyl (C=O) groups is 1. The van der Waals surface area contributed by atoms with Crippen LogP contribution in [0.2, 0.25) is 0 Å². The second-order valence-corrected chi connectivity index (χ2v) is 4.78. The van der Waals surface area contributed by atoms with Crippen molar-refractivity contribution in [2.45, 2.75) is 6.54 Å². The quantitative estimate of drug-likeness (QED) is 0.746. The van der Waals surface area contributed by atoms with Crippen molar-refractivity contribution in [2.24, 2.45) is 0 Å². The molecule has 1 heterocycles. The molecule has 0 aliphatic carbocycles. The lowest BCUT2D eigenvalue weighted by Crippen LogP contribution is -2.01. The monoisotopic (exact) mass is 278 g/mol. The summed E-state index contributed by atoms with van der Waals surface area (Å²) in [5.74, 6) is -0.946. The van der Waals surface area contributed by atoms with Crippen LogP contribution in [0.1, 0.15) is 11.1 Å². The minimum Gasteiger partial charge on any atom is -0.478 e. The minimum atomic E-state index is -0.946. The van der Waals surface area contributed by atoms with Gasteiger partial charge in [-0.25, -0.2) is 4.79 Å². The van der Waals surface area contributed by atoms with Crippen LogP contribution in [0.25, 0.3) is 17.0 Å². The van der Waals surface area contributed by atoms with Crippen LogP contribution in [0.5, 0.6) is 0 Å². The standard InChI is InChI=1S/C17H14N2O2/c20-17(21)9-8-13-4-3-5-14(10-13)12-19-16-7-2-1-6-15(16)11-18-19/h1-11H,12H2,(H,20,21). The summed E-state index contributed by atoms with van der Waals surface area (Å²) in [5, 5.41) is 14.2. The molecule has 3 rings (SSSR count). The molecular weight excluding hydrogens is 264 g/mol. The summed E-state index contributed by atoms with van der Waals surface area (Å²) in [7, 11) is 0. The summed E-state index contributed by atoms with van der Waals surface area (Å²) in [6, 6.07) is 15.8. The third-order valence-electron chi connectivity index (χ3n) is 3.25. The van der Waals surface area contributed by atoms with Gasteiger partial charge in [-0.2, -0.15) is 5.10 Å². The SMILES string of the molecule is O=C(O)C=Cc1cccc(Cn2ncc3ccccc32)c1. The number of nitrogens with zero attached hydrogens (tertiary/aromatic N) is 2. The Morgan fingerprint density at radius 2 is 2.05 bits per heavy atom. The van der Waals surface area contributed by atoms with E-state index in [1.165, 1.54) is 0 Å². The number of hydrogen-bond acceptors (Lipinski definition) is 2. The number of rotatable bonds is 4. The van der Waals surface area contributed by atoms with Gasteiger partial charge in [0.05, 0.1) is 18.3 Å². The van der Waals surface area contributed by atoms with Crippen LogP contribution in [0.3, 0.4) is 0 Å². The van der Waals surface area contributed by atoms with E-state index < -0.39 is 5.97 Å². The zero-order valence-electron chi connectivity index (χ0n) is 11.3. The Balaban J connectivity index is 1.88. The van der Waals surface area contributed by atoms with E-state index >= 15 is 0 Å². The van der Waals surface area contributed by atoms with E-state index in [2.05, 4.69) is 5.10 Å². The first-order valence-electron chi connectivity index (χ1n) is 6.63. The highest BCUT2D eigenvalue weighted by molar-refractivity contribution is 5.85. The molecule has 4 nitrogen and oxygen atoms in total. The van der Waals surface area contributed by atoms with Crippen LogP contribution in [0, 0.1) is 0 Å². The van der Waals surface area contributed by atoms with Crippen molar-refractivity contribution in [3.8, 4) is 0 Å². The normalized spacial score (nSPS) is 11.2. The average molecular weight is 278 g/mol. The molecular formula is C17H14N2O2. The third-order valence-corrected chi connectivity index (χ3v) is 3.25. The van der Waals surface area contributed by atoms with Gasteiger partial charge in [0.15, 0.2) is 0 Å². The van der Waals surface area contributed by atoms with Gasteiger partial charge < -0.3 is 5.11 Å². The predicted molar refractivity (Wildman–Crippen MR) is 81.9 cm³/mol. The summed E-state index contributed by atoms with van der Waals surface area (Å²) >= 11 is 0. The fraction of sp³-hybridized carbons (Fsp3) is 0.0588. The molecule has 0 spiro atoms. The van der Waals surface area contributed by atoms with Crippen LogP contribution < -0.4 is 0 Å². The summed E-state index contributed by atoms with van der Waals surface area (Å²) in [4.78, 5) is 10.6. The van der Waals surface area contributed by atoms with E-state index in [1.54, 1.807) is 6.08 Å². The Morgan fingerprint density at radius 3 is 2.90 bits per heavy atom. The van der Waals surface area contributed by atoms with Gasteiger partial charge in [-0.1, -0.05) is 36.4 Å². The molecule has 0 saturated heterocycles.